The van der Waals surface area contributed by atoms with Crippen LogP contribution in [0, 0.1) is 11.3 Å². The molecule has 3 heteroatoms. The lowest BCUT2D eigenvalue weighted by Gasteiger charge is -2.39. The van der Waals surface area contributed by atoms with Crippen molar-refractivity contribution in [3.8, 4) is 6.07 Å². The molecule has 0 amide bonds. The van der Waals surface area contributed by atoms with Gasteiger partial charge in [-0.1, -0.05) is 12.1 Å². The van der Waals surface area contributed by atoms with E-state index in [2.05, 4.69) is 23.1 Å². The van der Waals surface area contributed by atoms with Gasteiger partial charge in [0.1, 0.15) is 0 Å². The molecule has 3 nitrogen and oxygen atoms in total. The Hall–Kier alpha value is -1.37. The second-order valence-corrected chi connectivity index (χ2v) is 5.89. The number of nitrogens with zero attached hydrogens (tertiary/aromatic N) is 2. The first-order chi connectivity index (χ1) is 9.86. The third-order valence-corrected chi connectivity index (χ3v) is 4.75. The van der Waals surface area contributed by atoms with E-state index in [0.29, 0.717) is 5.92 Å². The van der Waals surface area contributed by atoms with Gasteiger partial charge in [-0.15, -0.1) is 0 Å². The maximum atomic E-state index is 8.85. The second kappa shape index (κ2) is 6.39. The Labute approximate surface area is 121 Å². The van der Waals surface area contributed by atoms with Crippen molar-refractivity contribution >= 4 is 0 Å². The summed E-state index contributed by atoms with van der Waals surface area (Å²) in [6.45, 7) is 4.27. The zero-order chi connectivity index (χ0) is 13.8. The fourth-order valence-electron chi connectivity index (χ4n) is 3.48. The quantitative estimate of drug-likeness (QED) is 0.829. The highest BCUT2D eigenvalue weighted by Crippen LogP contribution is 2.30. The van der Waals surface area contributed by atoms with Gasteiger partial charge >= 0.3 is 0 Å². The van der Waals surface area contributed by atoms with Crippen LogP contribution in [-0.2, 0) is 4.74 Å². The number of likely N-dealkylation sites (tertiary alicyclic amines) is 1. The number of piperidine rings is 1. The molecule has 1 aromatic rings. The number of benzene rings is 1. The van der Waals surface area contributed by atoms with Gasteiger partial charge in [-0.3, -0.25) is 0 Å². The first-order valence-corrected chi connectivity index (χ1v) is 7.68. The molecule has 1 aromatic carbocycles. The summed E-state index contributed by atoms with van der Waals surface area (Å²) in [7, 11) is 0. The van der Waals surface area contributed by atoms with Gasteiger partial charge in [-0.2, -0.15) is 5.26 Å². The summed E-state index contributed by atoms with van der Waals surface area (Å²) in [5.74, 6) is 0.666. The molecule has 0 unspecified atom stereocenters. The Morgan fingerprint density at radius 3 is 2.25 bits per heavy atom. The first-order valence-electron chi connectivity index (χ1n) is 7.68. The fraction of sp³-hybridized carbons (Fsp3) is 0.588. The minimum absolute atomic E-state index is 0.666. The minimum Gasteiger partial charge on any atom is -0.381 e. The molecule has 2 heterocycles. The summed E-state index contributed by atoms with van der Waals surface area (Å²) in [6, 6.07) is 11.1. The number of nitriles is 1. The lowest BCUT2D eigenvalue weighted by molar-refractivity contribution is 0.0252. The Bertz CT molecular complexity index is 463. The van der Waals surface area contributed by atoms with E-state index in [-0.39, 0.29) is 0 Å². The molecule has 0 aliphatic carbocycles. The standard InChI is InChI=1S/C17H22N2O/c18-13-14-1-3-15(4-2-14)16-5-9-19(10-6-16)17-7-11-20-12-8-17/h1-4,16-17H,5-12H2. The summed E-state index contributed by atoms with van der Waals surface area (Å²) in [6.07, 6.45) is 4.87. The summed E-state index contributed by atoms with van der Waals surface area (Å²) < 4.78 is 5.45. The van der Waals surface area contributed by atoms with E-state index in [1.54, 1.807) is 0 Å². The molecule has 106 valence electrons. The van der Waals surface area contributed by atoms with Crippen LogP contribution in [-0.4, -0.2) is 37.2 Å². The lowest BCUT2D eigenvalue weighted by atomic mass is 9.88. The molecular formula is C17H22N2O. The van der Waals surface area contributed by atoms with E-state index in [9.17, 15) is 0 Å². The molecule has 0 radical (unpaired) electrons. The highest BCUT2D eigenvalue weighted by Gasteiger charge is 2.26. The number of rotatable bonds is 2. The third-order valence-electron chi connectivity index (χ3n) is 4.75. The van der Waals surface area contributed by atoms with Gasteiger partial charge < -0.3 is 9.64 Å². The van der Waals surface area contributed by atoms with Crippen molar-refractivity contribution in [2.24, 2.45) is 0 Å². The molecule has 0 spiro atoms. The highest BCUT2D eigenvalue weighted by atomic mass is 16.5. The molecule has 20 heavy (non-hydrogen) atoms. The van der Waals surface area contributed by atoms with Gasteiger partial charge in [0, 0.05) is 19.3 Å². The van der Waals surface area contributed by atoms with Gasteiger partial charge in [0.2, 0.25) is 0 Å². The summed E-state index contributed by atoms with van der Waals surface area (Å²) in [5, 5.41) is 8.85. The molecule has 2 aliphatic heterocycles. The van der Waals surface area contributed by atoms with Crippen LogP contribution in [0.5, 0.6) is 0 Å². The van der Waals surface area contributed by atoms with E-state index in [1.165, 1.54) is 44.3 Å². The summed E-state index contributed by atoms with van der Waals surface area (Å²) in [4.78, 5) is 2.66. The second-order valence-electron chi connectivity index (χ2n) is 5.89. The molecule has 0 aromatic heterocycles. The van der Waals surface area contributed by atoms with Crippen molar-refractivity contribution < 1.29 is 4.74 Å². The Balaban J connectivity index is 1.56. The maximum absolute atomic E-state index is 8.85. The SMILES string of the molecule is N#Cc1ccc(C2CCN(C3CCOCC3)CC2)cc1. The molecule has 0 N–H and O–H groups in total. The third kappa shape index (κ3) is 3.03. The fourth-order valence-corrected chi connectivity index (χ4v) is 3.48. The van der Waals surface area contributed by atoms with Crippen LogP contribution >= 0.6 is 0 Å². The predicted molar refractivity (Wildman–Crippen MR) is 78.5 cm³/mol. The Kier molecular flexibility index (Phi) is 4.34. The van der Waals surface area contributed by atoms with Crippen molar-refractivity contribution in [2.45, 2.75) is 37.6 Å². The van der Waals surface area contributed by atoms with Crippen LogP contribution in [0.1, 0.15) is 42.7 Å². The van der Waals surface area contributed by atoms with Crippen LogP contribution in [0.4, 0.5) is 0 Å². The van der Waals surface area contributed by atoms with Crippen LogP contribution in [0.15, 0.2) is 24.3 Å². The molecule has 0 saturated carbocycles. The zero-order valence-electron chi connectivity index (χ0n) is 11.9. The first kappa shape index (κ1) is 13.6. The number of hydrogen-bond donors (Lipinski definition) is 0. The van der Waals surface area contributed by atoms with E-state index >= 15 is 0 Å². The summed E-state index contributed by atoms with van der Waals surface area (Å²) >= 11 is 0. The average Bonchev–Trinajstić information content (AvgIpc) is 2.56. The van der Waals surface area contributed by atoms with Crippen LogP contribution in [0.3, 0.4) is 0 Å². The molecule has 3 rings (SSSR count). The number of hydrogen-bond acceptors (Lipinski definition) is 3. The highest BCUT2D eigenvalue weighted by molar-refractivity contribution is 5.33. The van der Waals surface area contributed by atoms with E-state index < -0.39 is 0 Å². The molecule has 2 fully saturated rings. The van der Waals surface area contributed by atoms with Crippen molar-refractivity contribution in [3.63, 3.8) is 0 Å². The van der Waals surface area contributed by atoms with Gasteiger partial charge in [0.05, 0.1) is 11.6 Å². The minimum atomic E-state index is 0.666. The Morgan fingerprint density at radius 1 is 1.00 bits per heavy atom. The normalized spacial score (nSPS) is 22.6. The molecule has 0 bridgehead atoms. The van der Waals surface area contributed by atoms with Crippen LogP contribution in [0.2, 0.25) is 0 Å². The molecule has 2 aliphatic rings. The van der Waals surface area contributed by atoms with Crippen LogP contribution in [0.25, 0.3) is 0 Å². The molecule has 0 atom stereocenters. The van der Waals surface area contributed by atoms with Crippen molar-refractivity contribution in [1.29, 1.82) is 5.26 Å². The monoisotopic (exact) mass is 270 g/mol. The average molecular weight is 270 g/mol. The van der Waals surface area contributed by atoms with Crippen molar-refractivity contribution in [1.82, 2.24) is 4.90 Å². The van der Waals surface area contributed by atoms with Crippen LogP contribution < -0.4 is 0 Å². The van der Waals surface area contributed by atoms with Gasteiger partial charge in [-0.25, -0.2) is 0 Å². The van der Waals surface area contributed by atoms with Gasteiger partial charge in [0.15, 0.2) is 0 Å². The van der Waals surface area contributed by atoms with E-state index in [4.69, 9.17) is 10.00 Å². The molecular weight excluding hydrogens is 248 g/mol. The van der Waals surface area contributed by atoms with Gasteiger partial charge in [0.25, 0.3) is 0 Å². The predicted octanol–water partition coefficient (Wildman–Crippen LogP) is 2.92. The van der Waals surface area contributed by atoms with E-state index in [1.807, 2.05) is 12.1 Å². The topological polar surface area (TPSA) is 36.3 Å². The summed E-state index contributed by atoms with van der Waals surface area (Å²) in [5.41, 5.74) is 2.16. The maximum Gasteiger partial charge on any atom is 0.0991 e. The smallest absolute Gasteiger partial charge is 0.0991 e. The van der Waals surface area contributed by atoms with E-state index in [0.717, 1.165) is 24.8 Å². The van der Waals surface area contributed by atoms with Crippen molar-refractivity contribution in [3.05, 3.63) is 35.4 Å². The Morgan fingerprint density at radius 2 is 1.65 bits per heavy atom. The number of ether oxygens (including phenoxy) is 1. The lowest BCUT2D eigenvalue weighted by Crippen LogP contribution is -2.43. The van der Waals surface area contributed by atoms with Crippen molar-refractivity contribution in [2.75, 3.05) is 26.3 Å². The van der Waals surface area contributed by atoms with Gasteiger partial charge in [-0.05, 0) is 62.4 Å². The molecule has 2 saturated heterocycles. The largest absolute Gasteiger partial charge is 0.381 e. The zero-order valence-corrected chi connectivity index (χ0v) is 11.9.